The number of amides is 1. The number of carbonyl (C=O) groups is 1. The Morgan fingerprint density at radius 2 is 1.84 bits per heavy atom. The number of rotatable bonds is 5. The third-order valence-electron chi connectivity index (χ3n) is 3.78. The predicted octanol–water partition coefficient (Wildman–Crippen LogP) is 4.27. The summed E-state index contributed by atoms with van der Waals surface area (Å²) in [5.74, 6) is 0.706. The number of anilines is 1. The number of thioether (sulfide) groups is 1. The van der Waals surface area contributed by atoms with E-state index in [0.29, 0.717) is 15.9 Å². The van der Waals surface area contributed by atoms with Crippen LogP contribution in [0.1, 0.15) is 11.1 Å². The second-order valence-corrected chi connectivity index (χ2v) is 7.26. The average molecular weight is 370 g/mol. The third-order valence-corrected chi connectivity index (χ3v) is 5.16. The van der Waals surface area contributed by atoms with Crippen molar-refractivity contribution in [3.8, 4) is 5.75 Å². The molecule has 0 aliphatic carbocycles. The molecule has 1 heterocycles. The van der Waals surface area contributed by atoms with Crippen molar-refractivity contribution < 1.29 is 9.53 Å². The molecule has 1 fully saturated rings. The van der Waals surface area contributed by atoms with E-state index in [1.54, 1.807) is 12.0 Å². The van der Waals surface area contributed by atoms with Gasteiger partial charge in [0.05, 0.1) is 18.7 Å². The summed E-state index contributed by atoms with van der Waals surface area (Å²) in [6.07, 6.45) is 1.85. The lowest BCUT2D eigenvalue weighted by Crippen LogP contribution is -2.33. The normalized spacial score (nSPS) is 15.8. The molecule has 0 spiro atoms. The van der Waals surface area contributed by atoms with E-state index in [1.165, 1.54) is 17.3 Å². The van der Waals surface area contributed by atoms with Gasteiger partial charge in [-0.25, -0.2) is 0 Å². The Bertz CT molecular complexity index is 814. The summed E-state index contributed by atoms with van der Waals surface area (Å²) < 4.78 is 5.71. The maximum absolute atomic E-state index is 12.6. The van der Waals surface area contributed by atoms with Gasteiger partial charge in [-0.05, 0) is 42.8 Å². The highest BCUT2D eigenvalue weighted by Crippen LogP contribution is 2.32. The zero-order chi connectivity index (χ0) is 17.8. The third kappa shape index (κ3) is 4.21. The van der Waals surface area contributed by atoms with Crippen molar-refractivity contribution in [2.24, 2.45) is 0 Å². The van der Waals surface area contributed by atoms with Gasteiger partial charge in [-0.2, -0.15) is 0 Å². The summed E-state index contributed by atoms with van der Waals surface area (Å²) >= 11 is 6.68. The van der Waals surface area contributed by atoms with Crippen molar-refractivity contribution >= 4 is 46.0 Å². The number of thiocarbonyl (C=S) groups is 1. The van der Waals surface area contributed by atoms with Crippen LogP contribution in [0.3, 0.4) is 0 Å². The van der Waals surface area contributed by atoms with E-state index in [2.05, 4.69) is 5.32 Å². The Labute approximate surface area is 156 Å². The number of nitrogens with one attached hydrogen (secondary N) is 1. The topological polar surface area (TPSA) is 41.6 Å². The summed E-state index contributed by atoms with van der Waals surface area (Å²) in [4.78, 5) is 14.8. The van der Waals surface area contributed by atoms with Crippen LogP contribution >= 0.6 is 24.0 Å². The highest BCUT2D eigenvalue weighted by molar-refractivity contribution is 8.26. The first-order valence-corrected chi connectivity index (χ1v) is 8.99. The molecule has 1 saturated heterocycles. The fourth-order valence-corrected chi connectivity index (χ4v) is 3.58. The van der Waals surface area contributed by atoms with E-state index in [1.807, 2.05) is 61.5 Å². The molecule has 1 aliphatic rings. The number of hydrogen-bond donors (Lipinski definition) is 1. The van der Waals surface area contributed by atoms with Crippen LogP contribution in [0.25, 0.3) is 6.08 Å². The first-order chi connectivity index (χ1) is 12.1. The van der Waals surface area contributed by atoms with Gasteiger partial charge in [-0.3, -0.25) is 9.69 Å². The molecule has 1 amide bonds. The molecule has 0 radical (unpaired) electrons. The van der Waals surface area contributed by atoms with E-state index in [-0.39, 0.29) is 5.91 Å². The van der Waals surface area contributed by atoms with E-state index in [4.69, 9.17) is 17.0 Å². The molecule has 0 unspecified atom stereocenters. The minimum Gasteiger partial charge on any atom is -0.497 e. The molecule has 0 bridgehead atoms. The lowest BCUT2D eigenvalue weighted by Gasteiger charge is -2.16. The number of benzene rings is 2. The van der Waals surface area contributed by atoms with E-state index in [0.717, 1.165) is 17.0 Å². The molecule has 2 aromatic carbocycles. The maximum Gasteiger partial charge on any atom is 0.267 e. The second kappa shape index (κ2) is 7.72. The molecule has 1 aliphatic heterocycles. The SMILES string of the molecule is COc1ccc(C=C2SC(=S)N(CNc3ccc(C)cc3)C2=O)cc1. The zero-order valence-electron chi connectivity index (χ0n) is 14.0. The van der Waals surface area contributed by atoms with Crippen LogP contribution in [-0.4, -0.2) is 28.9 Å². The highest BCUT2D eigenvalue weighted by atomic mass is 32.2. The van der Waals surface area contributed by atoms with E-state index < -0.39 is 0 Å². The number of carbonyl (C=O) groups excluding carboxylic acids is 1. The Balaban J connectivity index is 1.68. The van der Waals surface area contributed by atoms with Crippen molar-refractivity contribution in [2.45, 2.75) is 6.92 Å². The van der Waals surface area contributed by atoms with Crippen molar-refractivity contribution in [1.82, 2.24) is 4.90 Å². The Morgan fingerprint density at radius 3 is 2.48 bits per heavy atom. The molecular weight excluding hydrogens is 352 g/mol. The molecule has 3 rings (SSSR count). The summed E-state index contributed by atoms with van der Waals surface area (Å²) in [7, 11) is 1.63. The van der Waals surface area contributed by atoms with Gasteiger partial charge in [0.25, 0.3) is 5.91 Å². The lowest BCUT2D eigenvalue weighted by atomic mass is 10.2. The number of methoxy groups -OCH3 is 1. The maximum atomic E-state index is 12.6. The minimum absolute atomic E-state index is 0.0783. The predicted molar refractivity (Wildman–Crippen MR) is 108 cm³/mol. The van der Waals surface area contributed by atoms with Crippen LogP contribution in [0.15, 0.2) is 53.4 Å². The van der Waals surface area contributed by atoms with Crippen LogP contribution in [0, 0.1) is 6.92 Å². The Kier molecular flexibility index (Phi) is 5.40. The van der Waals surface area contributed by atoms with Gasteiger partial charge in [0.15, 0.2) is 0 Å². The van der Waals surface area contributed by atoms with Gasteiger partial charge >= 0.3 is 0 Å². The van der Waals surface area contributed by atoms with Crippen molar-refractivity contribution in [3.63, 3.8) is 0 Å². The van der Waals surface area contributed by atoms with Crippen LogP contribution in [-0.2, 0) is 4.79 Å². The summed E-state index contributed by atoms with van der Waals surface area (Å²) in [6, 6.07) is 15.6. The summed E-state index contributed by atoms with van der Waals surface area (Å²) in [5.41, 5.74) is 3.09. The molecule has 0 aromatic heterocycles. The van der Waals surface area contributed by atoms with E-state index >= 15 is 0 Å². The molecule has 6 heteroatoms. The van der Waals surface area contributed by atoms with Gasteiger partial charge in [0, 0.05) is 5.69 Å². The van der Waals surface area contributed by atoms with Crippen LogP contribution in [0.4, 0.5) is 5.69 Å². The first-order valence-electron chi connectivity index (χ1n) is 7.77. The molecule has 0 atom stereocenters. The molecule has 25 heavy (non-hydrogen) atoms. The molecule has 1 N–H and O–H groups in total. The van der Waals surface area contributed by atoms with Gasteiger partial charge in [-0.15, -0.1) is 0 Å². The molecular formula is C19H18N2O2S2. The van der Waals surface area contributed by atoms with Crippen molar-refractivity contribution in [3.05, 3.63) is 64.6 Å². The van der Waals surface area contributed by atoms with Crippen LogP contribution in [0.5, 0.6) is 5.75 Å². The van der Waals surface area contributed by atoms with Crippen LogP contribution in [0.2, 0.25) is 0 Å². The fraction of sp³-hybridized carbons (Fsp3) is 0.158. The van der Waals surface area contributed by atoms with Gasteiger partial charge in [0.2, 0.25) is 0 Å². The molecule has 2 aromatic rings. The van der Waals surface area contributed by atoms with Crippen molar-refractivity contribution in [1.29, 1.82) is 0 Å². The number of hydrogen-bond acceptors (Lipinski definition) is 5. The van der Waals surface area contributed by atoms with Gasteiger partial charge in [0.1, 0.15) is 10.1 Å². The molecule has 4 nitrogen and oxygen atoms in total. The first kappa shape index (κ1) is 17.5. The quantitative estimate of drug-likeness (QED) is 0.629. The zero-order valence-corrected chi connectivity index (χ0v) is 15.6. The van der Waals surface area contributed by atoms with Gasteiger partial charge in [-0.1, -0.05) is 53.8 Å². The highest BCUT2D eigenvalue weighted by Gasteiger charge is 2.31. The smallest absolute Gasteiger partial charge is 0.267 e. The largest absolute Gasteiger partial charge is 0.497 e. The van der Waals surface area contributed by atoms with E-state index in [9.17, 15) is 4.79 Å². The lowest BCUT2D eigenvalue weighted by molar-refractivity contribution is -0.121. The Hall–Kier alpha value is -2.31. The number of ether oxygens (including phenoxy) is 1. The summed E-state index contributed by atoms with van der Waals surface area (Å²) in [6.45, 7) is 2.39. The van der Waals surface area contributed by atoms with Crippen LogP contribution < -0.4 is 10.1 Å². The molecule has 128 valence electrons. The number of nitrogens with zero attached hydrogens (tertiary/aromatic N) is 1. The standard InChI is InChI=1S/C19H18N2O2S2/c1-13-3-7-15(8-4-13)20-12-21-18(22)17(25-19(21)24)11-14-5-9-16(23-2)10-6-14/h3-11,20H,12H2,1-2H3. The summed E-state index contributed by atoms with van der Waals surface area (Å²) in [5, 5.41) is 3.23. The number of aryl methyl sites for hydroxylation is 1. The molecule has 0 saturated carbocycles. The monoisotopic (exact) mass is 370 g/mol. The minimum atomic E-state index is -0.0783. The Morgan fingerprint density at radius 1 is 1.16 bits per heavy atom. The second-order valence-electron chi connectivity index (χ2n) is 5.58. The van der Waals surface area contributed by atoms with Gasteiger partial charge < -0.3 is 10.1 Å². The van der Waals surface area contributed by atoms with Crippen molar-refractivity contribution in [2.75, 3.05) is 19.1 Å². The fourth-order valence-electron chi connectivity index (χ4n) is 2.33. The average Bonchev–Trinajstić information content (AvgIpc) is 2.89.